The Morgan fingerprint density at radius 2 is 1.55 bits per heavy atom. The topological polar surface area (TPSA) is 3.24 Å². The Labute approximate surface area is 126 Å². The lowest BCUT2D eigenvalue weighted by Gasteiger charge is -2.32. The Balaban J connectivity index is 1.55. The molecular formula is C18H20ClN. The van der Waals surface area contributed by atoms with Gasteiger partial charge in [0.2, 0.25) is 0 Å². The second-order valence-corrected chi connectivity index (χ2v) is 6.02. The molecule has 0 amide bonds. The normalized spacial score (nSPS) is 17.2. The number of hydrogen-bond acceptors (Lipinski definition) is 1. The summed E-state index contributed by atoms with van der Waals surface area (Å²) in [6, 6.07) is 19.1. The van der Waals surface area contributed by atoms with Crippen molar-refractivity contribution in [1.29, 1.82) is 0 Å². The predicted octanol–water partition coefficient (Wildman–Crippen LogP) is 4.72. The smallest absolute Gasteiger partial charge is 0.0406 e. The maximum absolute atomic E-state index is 5.96. The van der Waals surface area contributed by atoms with Gasteiger partial charge in [-0.2, -0.15) is 0 Å². The summed E-state index contributed by atoms with van der Waals surface area (Å²) >= 11 is 5.96. The van der Waals surface area contributed by atoms with Crippen LogP contribution in [0.2, 0.25) is 5.02 Å². The summed E-state index contributed by atoms with van der Waals surface area (Å²) in [4.78, 5) is 2.56. The number of benzene rings is 2. The molecule has 2 aromatic carbocycles. The average molecular weight is 286 g/mol. The number of likely N-dealkylation sites (tertiary alicyclic amines) is 1. The number of rotatable bonds is 3. The average Bonchev–Trinajstić information content (AvgIpc) is 2.50. The van der Waals surface area contributed by atoms with Crippen molar-refractivity contribution in [3.8, 4) is 0 Å². The zero-order valence-corrected chi connectivity index (χ0v) is 12.4. The molecule has 0 N–H and O–H groups in total. The number of hydrogen-bond donors (Lipinski definition) is 0. The van der Waals surface area contributed by atoms with E-state index in [1.165, 1.54) is 37.1 Å². The standard InChI is InChI=1S/C18H20ClN/c19-18-8-6-16(7-9-18)17-10-12-20(13-11-17)14-15-4-2-1-3-5-15/h1-9,17H,10-14H2. The fraction of sp³-hybridized carbons (Fsp3) is 0.333. The van der Waals surface area contributed by atoms with Crippen LogP contribution in [0, 0.1) is 0 Å². The molecule has 1 fully saturated rings. The van der Waals surface area contributed by atoms with Gasteiger partial charge in [-0.3, -0.25) is 4.90 Å². The third-order valence-corrected chi connectivity index (χ3v) is 4.43. The lowest BCUT2D eigenvalue weighted by Crippen LogP contribution is -2.32. The lowest BCUT2D eigenvalue weighted by atomic mass is 9.89. The van der Waals surface area contributed by atoms with Gasteiger partial charge in [0, 0.05) is 11.6 Å². The Morgan fingerprint density at radius 3 is 2.20 bits per heavy atom. The minimum atomic E-state index is 0.694. The summed E-state index contributed by atoms with van der Waals surface area (Å²) in [6.07, 6.45) is 2.49. The minimum absolute atomic E-state index is 0.694. The highest BCUT2D eigenvalue weighted by molar-refractivity contribution is 6.30. The molecule has 0 saturated carbocycles. The Hall–Kier alpha value is -1.31. The van der Waals surface area contributed by atoms with Crippen molar-refractivity contribution in [2.24, 2.45) is 0 Å². The van der Waals surface area contributed by atoms with Crippen LogP contribution in [0.5, 0.6) is 0 Å². The SMILES string of the molecule is Clc1ccc(C2CCN(Cc3ccccc3)CC2)cc1. The van der Waals surface area contributed by atoms with E-state index in [0.29, 0.717) is 5.92 Å². The molecule has 0 unspecified atom stereocenters. The first-order valence-electron chi connectivity index (χ1n) is 7.33. The molecule has 0 atom stereocenters. The fourth-order valence-corrected chi connectivity index (χ4v) is 3.13. The third-order valence-electron chi connectivity index (χ3n) is 4.18. The van der Waals surface area contributed by atoms with E-state index in [2.05, 4.69) is 47.4 Å². The van der Waals surface area contributed by atoms with Gasteiger partial charge in [0.05, 0.1) is 0 Å². The van der Waals surface area contributed by atoms with Gasteiger partial charge in [0.15, 0.2) is 0 Å². The highest BCUT2D eigenvalue weighted by atomic mass is 35.5. The van der Waals surface area contributed by atoms with E-state index in [-0.39, 0.29) is 0 Å². The summed E-state index contributed by atoms with van der Waals surface area (Å²) in [5, 5.41) is 0.829. The van der Waals surface area contributed by atoms with Crippen molar-refractivity contribution < 1.29 is 0 Å². The van der Waals surface area contributed by atoms with Gasteiger partial charge in [0.25, 0.3) is 0 Å². The molecule has 1 heterocycles. The maximum atomic E-state index is 5.96. The van der Waals surface area contributed by atoms with Gasteiger partial charge >= 0.3 is 0 Å². The molecular weight excluding hydrogens is 266 g/mol. The predicted molar refractivity (Wildman–Crippen MR) is 85.1 cm³/mol. The first kappa shape index (κ1) is 13.7. The van der Waals surface area contributed by atoms with Crippen LogP contribution >= 0.6 is 11.6 Å². The van der Waals surface area contributed by atoms with E-state index >= 15 is 0 Å². The van der Waals surface area contributed by atoms with Crippen molar-refractivity contribution >= 4 is 11.6 Å². The van der Waals surface area contributed by atoms with Crippen LogP contribution in [0.4, 0.5) is 0 Å². The minimum Gasteiger partial charge on any atom is -0.299 e. The van der Waals surface area contributed by atoms with Crippen LogP contribution < -0.4 is 0 Å². The van der Waals surface area contributed by atoms with E-state index in [4.69, 9.17) is 11.6 Å². The number of piperidine rings is 1. The van der Waals surface area contributed by atoms with Gasteiger partial charge in [-0.15, -0.1) is 0 Å². The third kappa shape index (κ3) is 3.41. The molecule has 1 aliphatic rings. The van der Waals surface area contributed by atoms with Gasteiger partial charge in [0.1, 0.15) is 0 Å². The van der Waals surface area contributed by atoms with Gasteiger partial charge in [-0.1, -0.05) is 54.1 Å². The number of halogens is 1. The molecule has 1 saturated heterocycles. The van der Waals surface area contributed by atoms with E-state index in [1.807, 2.05) is 12.1 Å². The van der Waals surface area contributed by atoms with Gasteiger partial charge in [-0.05, 0) is 55.1 Å². The molecule has 1 nitrogen and oxygen atoms in total. The zero-order chi connectivity index (χ0) is 13.8. The quantitative estimate of drug-likeness (QED) is 0.789. The van der Waals surface area contributed by atoms with E-state index in [1.54, 1.807) is 0 Å². The van der Waals surface area contributed by atoms with E-state index in [9.17, 15) is 0 Å². The largest absolute Gasteiger partial charge is 0.299 e. The summed E-state index contributed by atoms with van der Waals surface area (Å²) in [7, 11) is 0. The molecule has 20 heavy (non-hydrogen) atoms. The molecule has 0 aliphatic carbocycles. The van der Waals surface area contributed by atoms with Gasteiger partial charge in [-0.25, -0.2) is 0 Å². The fourth-order valence-electron chi connectivity index (χ4n) is 3.00. The molecule has 0 bridgehead atoms. The maximum Gasteiger partial charge on any atom is 0.0406 e. The van der Waals surface area contributed by atoms with Crippen LogP contribution in [0.15, 0.2) is 54.6 Å². The Bertz CT molecular complexity index is 527. The first-order valence-corrected chi connectivity index (χ1v) is 7.71. The summed E-state index contributed by atoms with van der Waals surface area (Å²) in [5.41, 5.74) is 2.85. The molecule has 104 valence electrons. The molecule has 2 aromatic rings. The molecule has 2 heteroatoms. The van der Waals surface area contributed by atoms with Crippen molar-refractivity contribution in [3.05, 3.63) is 70.7 Å². The molecule has 0 aromatic heterocycles. The van der Waals surface area contributed by atoms with Crippen molar-refractivity contribution in [3.63, 3.8) is 0 Å². The molecule has 3 rings (SSSR count). The Morgan fingerprint density at radius 1 is 0.900 bits per heavy atom. The Kier molecular flexibility index (Phi) is 4.39. The van der Waals surface area contributed by atoms with Crippen LogP contribution in [-0.4, -0.2) is 18.0 Å². The lowest BCUT2D eigenvalue weighted by molar-refractivity contribution is 0.204. The van der Waals surface area contributed by atoms with Crippen molar-refractivity contribution in [2.45, 2.75) is 25.3 Å². The van der Waals surface area contributed by atoms with Crippen LogP contribution in [-0.2, 0) is 6.54 Å². The highest BCUT2D eigenvalue weighted by Gasteiger charge is 2.20. The number of nitrogens with zero attached hydrogens (tertiary/aromatic N) is 1. The first-order chi connectivity index (χ1) is 9.81. The van der Waals surface area contributed by atoms with Crippen molar-refractivity contribution in [2.75, 3.05) is 13.1 Å². The van der Waals surface area contributed by atoms with E-state index < -0.39 is 0 Å². The summed E-state index contributed by atoms with van der Waals surface area (Å²) in [5.74, 6) is 0.694. The van der Waals surface area contributed by atoms with Gasteiger partial charge < -0.3 is 0 Å². The summed E-state index contributed by atoms with van der Waals surface area (Å²) < 4.78 is 0. The molecule has 1 aliphatic heterocycles. The molecule has 0 spiro atoms. The second kappa shape index (κ2) is 6.43. The zero-order valence-electron chi connectivity index (χ0n) is 11.6. The van der Waals surface area contributed by atoms with E-state index in [0.717, 1.165) is 11.6 Å². The monoisotopic (exact) mass is 285 g/mol. The van der Waals surface area contributed by atoms with Crippen LogP contribution in [0.3, 0.4) is 0 Å². The van der Waals surface area contributed by atoms with Crippen LogP contribution in [0.1, 0.15) is 29.9 Å². The second-order valence-electron chi connectivity index (χ2n) is 5.59. The summed E-state index contributed by atoms with van der Waals surface area (Å²) in [6.45, 7) is 3.44. The molecule has 0 radical (unpaired) electrons. The highest BCUT2D eigenvalue weighted by Crippen LogP contribution is 2.29. The van der Waals surface area contributed by atoms with Crippen LogP contribution in [0.25, 0.3) is 0 Å². The van der Waals surface area contributed by atoms with Crippen molar-refractivity contribution in [1.82, 2.24) is 4.90 Å².